The number of rotatable bonds is 5. The minimum Gasteiger partial charge on any atom is -0.496 e. The molecule has 2 rings (SSSR count). The Hall–Kier alpha value is -1.91. The fourth-order valence-electron chi connectivity index (χ4n) is 1.80. The Morgan fingerprint density at radius 1 is 1.35 bits per heavy atom. The maximum absolute atomic E-state index is 12.2. The number of benzene rings is 1. The predicted molar refractivity (Wildman–Crippen MR) is 81.2 cm³/mol. The summed E-state index contributed by atoms with van der Waals surface area (Å²) < 4.78 is 47.2. The third-order valence-electron chi connectivity index (χ3n) is 2.91. The Bertz CT molecular complexity index is 755. The standard InChI is InChI=1S/C14H9F3INO4/c1-22-11-4-7(10(20)5-12(21)14(15,16)17)2-3-8(11)9-6-23-13(18)19-9/h2-4,6H,5H2,1H3. The van der Waals surface area contributed by atoms with Gasteiger partial charge in [-0.05, 0) is 12.1 Å². The Balaban J connectivity index is 2.29. The summed E-state index contributed by atoms with van der Waals surface area (Å²) in [5, 5.41) is 0. The van der Waals surface area contributed by atoms with Crippen molar-refractivity contribution in [1.29, 1.82) is 0 Å². The fraction of sp³-hybridized carbons (Fsp3) is 0.214. The van der Waals surface area contributed by atoms with E-state index in [0.717, 1.165) is 0 Å². The van der Waals surface area contributed by atoms with Gasteiger partial charge in [-0.2, -0.15) is 13.2 Å². The van der Waals surface area contributed by atoms with Crippen molar-refractivity contribution < 1.29 is 31.9 Å². The SMILES string of the molecule is COc1cc(C(=O)CC(=O)C(F)(F)F)ccc1-c1coc(I)n1. The highest BCUT2D eigenvalue weighted by Crippen LogP contribution is 2.31. The number of carbonyl (C=O) groups is 2. The van der Waals surface area contributed by atoms with Crippen LogP contribution in [-0.2, 0) is 4.79 Å². The lowest BCUT2D eigenvalue weighted by molar-refractivity contribution is -0.170. The van der Waals surface area contributed by atoms with Crippen molar-refractivity contribution >= 4 is 34.2 Å². The number of Topliss-reactive ketones (excluding diaryl/α,β-unsaturated/α-hetero) is 2. The number of halogens is 4. The molecule has 0 radical (unpaired) electrons. The van der Waals surface area contributed by atoms with Gasteiger partial charge in [0.2, 0.25) is 5.78 Å². The minimum absolute atomic E-state index is 0.0543. The van der Waals surface area contributed by atoms with E-state index in [9.17, 15) is 22.8 Å². The number of methoxy groups -OCH3 is 1. The first-order valence-corrected chi connectivity index (χ1v) is 7.23. The van der Waals surface area contributed by atoms with Crippen molar-refractivity contribution in [3.05, 3.63) is 33.9 Å². The molecule has 0 saturated carbocycles. The maximum Gasteiger partial charge on any atom is 0.450 e. The van der Waals surface area contributed by atoms with Crippen LogP contribution < -0.4 is 4.74 Å². The number of aromatic nitrogens is 1. The van der Waals surface area contributed by atoms with Crippen LogP contribution in [0.1, 0.15) is 16.8 Å². The van der Waals surface area contributed by atoms with E-state index in [4.69, 9.17) is 9.15 Å². The zero-order chi connectivity index (χ0) is 17.2. The first-order valence-electron chi connectivity index (χ1n) is 6.15. The summed E-state index contributed by atoms with van der Waals surface area (Å²) in [5.41, 5.74) is 0.913. The normalized spacial score (nSPS) is 11.3. The Morgan fingerprint density at radius 3 is 2.57 bits per heavy atom. The van der Waals surface area contributed by atoms with E-state index in [-0.39, 0.29) is 11.3 Å². The molecule has 23 heavy (non-hydrogen) atoms. The van der Waals surface area contributed by atoms with Crippen LogP contribution in [0.15, 0.2) is 28.9 Å². The number of ether oxygens (including phenoxy) is 1. The molecule has 0 aliphatic rings. The number of carbonyl (C=O) groups excluding carboxylic acids is 2. The average molecular weight is 439 g/mol. The molecule has 5 nitrogen and oxygen atoms in total. The van der Waals surface area contributed by atoms with Gasteiger partial charge in [0.15, 0.2) is 5.78 Å². The van der Waals surface area contributed by atoms with E-state index in [1.165, 1.54) is 31.6 Å². The Morgan fingerprint density at radius 2 is 2.04 bits per heavy atom. The van der Waals surface area contributed by atoms with Crippen LogP contribution in [0, 0.1) is 3.90 Å². The van der Waals surface area contributed by atoms with Crippen LogP contribution in [-0.4, -0.2) is 29.8 Å². The first-order chi connectivity index (χ1) is 10.7. The molecule has 1 heterocycles. The quantitative estimate of drug-likeness (QED) is 0.404. The molecular weight excluding hydrogens is 430 g/mol. The third-order valence-corrected chi connectivity index (χ3v) is 3.41. The minimum atomic E-state index is -5.03. The van der Waals surface area contributed by atoms with Gasteiger partial charge in [0.25, 0.3) is 3.90 Å². The Kier molecular flexibility index (Phi) is 5.07. The summed E-state index contributed by atoms with van der Waals surface area (Å²) in [6, 6.07) is 4.05. The molecule has 9 heteroatoms. The zero-order valence-electron chi connectivity index (χ0n) is 11.6. The van der Waals surface area contributed by atoms with Crippen LogP contribution in [0.2, 0.25) is 0 Å². The van der Waals surface area contributed by atoms with E-state index in [2.05, 4.69) is 4.98 Å². The molecule has 0 aliphatic heterocycles. The molecule has 0 spiro atoms. The fourth-order valence-corrected chi connectivity index (χ4v) is 2.19. The summed E-state index contributed by atoms with van der Waals surface area (Å²) in [7, 11) is 1.35. The zero-order valence-corrected chi connectivity index (χ0v) is 13.8. The first kappa shape index (κ1) is 17.4. The molecule has 122 valence electrons. The number of hydrogen-bond acceptors (Lipinski definition) is 5. The van der Waals surface area contributed by atoms with Crippen molar-refractivity contribution in [2.75, 3.05) is 7.11 Å². The second kappa shape index (κ2) is 6.69. The van der Waals surface area contributed by atoms with Gasteiger partial charge in [-0.25, -0.2) is 4.98 Å². The number of nitrogens with zero attached hydrogens (tertiary/aromatic N) is 1. The van der Waals surface area contributed by atoms with Gasteiger partial charge in [0.1, 0.15) is 17.7 Å². The van der Waals surface area contributed by atoms with Gasteiger partial charge >= 0.3 is 6.18 Å². The van der Waals surface area contributed by atoms with Crippen molar-refractivity contribution in [3.63, 3.8) is 0 Å². The molecule has 0 unspecified atom stereocenters. The number of ketones is 2. The molecule has 0 atom stereocenters. The van der Waals surface area contributed by atoms with Crippen molar-refractivity contribution in [3.8, 4) is 17.0 Å². The molecular formula is C14H9F3INO4. The molecule has 0 fully saturated rings. The van der Waals surface area contributed by atoms with Gasteiger partial charge in [0, 0.05) is 33.7 Å². The van der Waals surface area contributed by atoms with E-state index >= 15 is 0 Å². The van der Waals surface area contributed by atoms with Crippen molar-refractivity contribution in [2.24, 2.45) is 0 Å². The van der Waals surface area contributed by atoms with Crippen LogP contribution in [0.3, 0.4) is 0 Å². The van der Waals surface area contributed by atoms with Crippen LogP contribution in [0.5, 0.6) is 5.75 Å². The monoisotopic (exact) mass is 439 g/mol. The van der Waals surface area contributed by atoms with E-state index in [1.54, 1.807) is 0 Å². The number of oxazole rings is 1. The van der Waals surface area contributed by atoms with Gasteiger partial charge in [-0.3, -0.25) is 9.59 Å². The summed E-state index contributed by atoms with van der Waals surface area (Å²) in [6.07, 6.45) is -4.89. The summed E-state index contributed by atoms with van der Waals surface area (Å²) in [4.78, 5) is 26.8. The van der Waals surface area contributed by atoms with Crippen LogP contribution in [0.25, 0.3) is 11.3 Å². The molecule has 0 aliphatic carbocycles. The second-order valence-electron chi connectivity index (χ2n) is 4.42. The van der Waals surface area contributed by atoms with E-state index in [1.807, 2.05) is 22.6 Å². The smallest absolute Gasteiger partial charge is 0.450 e. The average Bonchev–Trinajstić information content (AvgIpc) is 2.91. The lowest BCUT2D eigenvalue weighted by Gasteiger charge is -2.09. The third kappa shape index (κ3) is 4.09. The van der Waals surface area contributed by atoms with Gasteiger partial charge < -0.3 is 9.15 Å². The second-order valence-corrected chi connectivity index (χ2v) is 5.34. The predicted octanol–water partition coefficient (Wildman–Crippen LogP) is 3.66. The maximum atomic E-state index is 12.2. The number of hydrogen-bond donors (Lipinski definition) is 0. The lowest BCUT2D eigenvalue weighted by atomic mass is 10.0. The summed E-state index contributed by atoms with van der Waals surface area (Å²) in [6.45, 7) is 0. The molecule has 0 bridgehead atoms. The Labute approximate surface area is 142 Å². The van der Waals surface area contributed by atoms with Crippen LogP contribution in [0.4, 0.5) is 13.2 Å². The summed E-state index contributed by atoms with van der Waals surface area (Å²) >= 11 is 1.87. The van der Waals surface area contributed by atoms with E-state index in [0.29, 0.717) is 15.2 Å². The van der Waals surface area contributed by atoms with E-state index < -0.39 is 24.2 Å². The topological polar surface area (TPSA) is 69.4 Å². The largest absolute Gasteiger partial charge is 0.496 e. The van der Waals surface area contributed by atoms with Gasteiger partial charge in [-0.15, -0.1) is 0 Å². The molecule has 0 amide bonds. The van der Waals surface area contributed by atoms with Gasteiger partial charge in [0.05, 0.1) is 13.5 Å². The highest BCUT2D eigenvalue weighted by molar-refractivity contribution is 14.1. The summed E-state index contributed by atoms with van der Waals surface area (Å²) in [5.74, 6) is -2.79. The highest BCUT2D eigenvalue weighted by Gasteiger charge is 2.39. The lowest BCUT2D eigenvalue weighted by Crippen LogP contribution is -2.25. The molecule has 0 saturated heterocycles. The number of alkyl halides is 3. The van der Waals surface area contributed by atoms with Crippen molar-refractivity contribution in [1.82, 2.24) is 4.98 Å². The molecule has 1 aromatic carbocycles. The van der Waals surface area contributed by atoms with Crippen LogP contribution >= 0.6 is 22.6 Å². The van der Waals surface area contributed by atoms with Gasteiger partial charge in [-0.1, -0.05) is 6.07 Å². The highest BCUT2D eigenvalue weighted by atomic mass is 127. The molecule has 0 N–H and O–H groups in total. The molecule has 2 aromatic rings. The molecule has 1 aromatic heterocycles. The van der Waals surface area contributed by atoms with Crippen molar-refractivity contribution in [2.45, 2.75) is 12.6 Å².